The number of imidazole rings is 1. The minimum atomic E-state index is -0.195. The van der Waals surface area contributed by atoms with Crippen LogP contribution in [0.5, 0.6) is 0 Å². The van der Waals surface area contributed by atoms with E-state index >= 15 is 0 Å². The van der Waals surface area contributed by atoms with E-state index in [0.717, 1.165) is 17.0 Å². The van der Waals surface area contributed by atoms with Crippen LogP contribution in [0.15, 0.2) is 72.0 Å². The van der Waals surface area contributed by atoms with Crippen LogP contribution in [-0.2, 0) is 0 Å². The van der Waals surface area contributed by atoms with Crippen LogP contribution in [0.25, 0.3) is 16.9 Å². The lowest BCUT2D eigenvalue weighted by Gasteiger charge is -2.08. The fourth-order valence-corrected chi connectivity index (χ4v) is 3.08. The molecule has 0 fully saturated rings. The monoisotopic (exact) mass is 388 g/mol. The van der Waals surface area contributed by atoms with E-state index in [0.29, 0.717) is 29.1 Å². The van der Waals surface area contributed by atoms with Crippen molar-refractivity contribution in [3.8, 4) is 5.69 Å². The molecule has 7 heteroatoms. The van der Waals surface area contributed by atoms with Crippen LogP contribution in [0, 0.1) is 6.92 Å². The van der Waals surface area contributed by atoms with Gasteiger partial charge in [-0.2, -0.15) is 9.61 Å². The predicted molar refractivity (Wildman–Crippen MR) is 118 cm³/mol. The maximum Gasteiger partial charge on any atom is 0.277 e. The van der Waals surface area contributed by atoms with E-state index in [1.54, 1.807) is 37.7 Å². The van der Waals surface area contributed by atoms with Gasteiger partial charge < -0.3 is 9.55 Å². The zero-order valence-electron chi connectivity index (χ0n) is 16.9. The fraction of sp³-hybridized carbons (Fsp3) is 0.182. The summed E-state index contributed by atoms with van der Waals surface area (Å²) in [6.45, 7) is 13.9. The molecule has 3 aromatic rings. The van der Waals surface area contributed by atoms with Gasteiger partial charge in [0.15, 0.2) is 5.65 Å². The smallest absolute Gasteiger partial charge is 0.277 e. The second kappa shape index (κ2) is 8.52. The predicted octanol–water partition coefficient (Wildman–Crippen LogP) is 3.66. The highest BCUT2D eigenvalue weighted by Gasteiger charge is 2.16. The van der Waals surface area contributed by atoms with Crippen molar-refractivity contribution < 1.29 is 0 Å². The molecule has 0 saturated heterocycles. The van der Waals surface area contributed by atoms with E-state index in [4.69, 9.17) is 0 Å². The first-order chi connectivity index (χ1) is 14.0. The summed E-state index contributed by atoms with van der Waals surface area (Å²) >= 11 is 0. The molecule has 3 rings (SSSR count). The number of aromatic nitrogens is 5. The van der Waals surface area contributed by atoms with Gasteiger partial charge in [0.2, 0.25) is 0 Å². The molecule has 7 nitrogen and oxygen atoms in total. The minimum Gasteiger partial charge on any atom is -0.337 e. The fourth-order valence-electron chi connectivity index (χ4n) is 3.08. The van der Waals surface area contributed by atoms with Gasteiger partial charge in [-0.3, -0.25) is 9.79 Å². The van der Waals surface area contributed by atoms with Gasteiger partial charge in [-0.05, 0) is 32.4 Å². The minimum absolute atomic E-state index is 0.195. The zero-order chi connectivity index (χ0) is 21.0. The van der Waals surface area contributed by atoms with Crippen molar-refractivity contribution in [3.63, 3.8) is 0 Å². The van der Waals surface area contributed by atoms with Crippen molar-refractivity contribution in [1.82, 2.24) is 24.1 Å². The molecule has 0 unspecified atom stereocenters. The van der Waals surface area contributed by atoms with Crippen LogP contribution in [-0.4, -0.2) is 36.4 Å². The van der Waals surface area contributed by atoms with Crippen molar-refractivity contribution >= 4 is 16.9 Å². The number of nitrogens with one attached hydrogen (secondary N) is 1. The summed E-state index contributed by atoms with van der Waals surface area (Å²) in [5.41, 5.74) is 4.64. The molecule has 0 spiro atoms. The molecule has 0 radical (unpaired) electrons. The molecule has 0 saturated carbocycles. The Morgan fingerprint density at radius 3 is 2.83 bits per heavy atom. The van der Waals surface area contributed by atoms with E-state index < -0.39 is 0 Å². The second-order valence-electron chi connectivity index (χ2n) is 6.31. The standard InChI is InChI=1S/C22H24N6O/c1-6-10-16(8-3)20-15(5)22(29)28-21(26-20)19(12-25-28)27-13-18(24-14-27)17(11-7-2)23-9-4/h6-8,10-14,26H,1,3,9H2,2,4-5H3/b11-7-,16-10+,23-17+. The first kappa shape index (κ1) is 20.0. The number of allylic oxidation sites excluding steroid dienone is 6. The first-order valence-electron chi connectivity index (χ1n) is 9.33. The number of hydrogen-bond donors (Lipinski definition) is 1. The lowest BCUT2D eigenvalue weighted by atomic mass is 10.1. The van der Waals surface area contributed by atoms with Gasteiger partial charge in [0.1, 0.15) is 17.7 Å². The van der Waals surface area contributed by atoms with E-state index in [1.807, 2.05) is 36.8 Å². The van der Waals surface area contributed by atoms with E-state index in [2.05, 4.69) is 33.2 Å². The number of fused-ring (bicyclic) bond motifs is 1. The molecule has 0 aliphatic carbocycles. The number of H-pyrrole nitrogens is 1. The Labute approximate surface area is 169 Å². The zero-order valence-corrected chi connectivity index (χ0v) is 16.9. The van der Waals surface area contributed by atoms with Crippen molar-refractivity contribution in [3.05, 3.63) is 89.6 Å². The van der Waals surface area contributed by atoms with Crippen molar-refractivity contribution in [2.75, 3.05) is 6.54 Å². The van der Waals surface area contributed by atoms with Gasteiger partial charge in [0, 0.05) is 18.3 Å². The number of aromatic amines is 1. The summed E-state index contributed by atoms with van der Waals surface area (Å²) in [6.07, 6.45) is 14.2. The molecule has 1 N–H and O–H groups in total. The lowest BCUT2D eigenvalue weighted by Crippen LogP contribution is -2.20. The molecule has 3 aromatic heterocycles. The molecule has 0 atom stereocenters. The third kappa shape index (κ3) is 3.67. The molecule has 0 aromatic carbocycles. The summed E-state index contributed by atoms with van der Waals surface area (Å²) in [6, 6.07) is 0. The molecule has 0 bridgehead atoms. The third-order valence-corrected chi connectivity index (χ3v) is 4.46. The number of nitrogens with zero attached hydrogens (tertiary/aromatic N) is 5. The van der Waals surface area contributed by atoms with E-state index in [9.17, 15) is 4.79 Å². The summed E-state index contributed by atoms with van der Waals surface area (Å²) in [5, 5.41) is 4.27. The van der Waals surface area contributed by atoms with Crippen molar-refractivity contribution in [2.24, 2.45) is 4.99 Å². The van der Waals surface area contributed by atoms with Gasteiger partial charge >= 0.3 is 0 Å². The Kier molecular flexibility index (Phi) is 5.87. The molecular formula is C22H24N6O. The summed E-state index contributed by atoms with van der Waals surface area (Å²) in [7, 11) is 0. The molecule has 3 heterocycles. The SMILES string of the molecule is C=C/C=C(\C=C)c1[nH]c2c(-n3cnc(C(/C=C\C)=N/CC)c3)cnn2c(=O)c1C. The van der Waals surface area contributed by atoms with E-state index in [1.165, 1.54) is 4.52 Å². The van der Waals surface area contributed by atoms with Crippen molar-refractivity contribution in [2.45, 2.75) is 20.8 Å². The van der Waals surface area contributed by atoms with Crippen LogP contribution in [0.4, 0.5) is 0 Å². The van der Waals surface area contributed by atoms with Crippen LogP contribution in [0.3, 0.4) is 0 Å². The van der Waals surface area contributed by atoms with E-state index in [-0.39, 0.29) is 5.56 Å². The van der Waals surface area contributed by atoms with Gasteiger partial charge in [0.25, 0.3) is 5.56 Å². The van der Waals surface area contributed by atoms with Gasteiger partial charge in [-0.15, -0.1) is 0 Å². The molecular weight excluding hydrogens is 364 g/mol. The van der Waals surface area contributed by atoms with Gasteiger partial charge in [0.05, 0.1) is 17.6 Å². The van der Waals surface area contributed by atoms with Crippen molar-refractivity contribution in [1.29, 1.82) is 0 Å². The maximum absolute atomic E-state index is 12.8. The van der Waals surface area contributed by atoms with Gasteiger partial charge in [-0.1, -0.05) is 37.5 Å². The number of hydrogen-bond acceptors (Lipinski definition) is 4. The third-order valence-electron chi connectivity index (χ3n) is 4.46. The van der Waals surface area contributed by atoms with Crippen LogP contribution in [0.1, 0.15) is 30.8 Å². The molecule has 0 amide bonds. The number of rotatable bonds is 7. The Balaban J connectivity index is 2.20. The number of aliphatic imine (C=N–C) groups is 1. The maximum atomic E-state index is 12.8. The highest BCUT2D eigenvalue weighted by atomic mass is 16.1. The second-order valence-corrected chi connectivity index (χ2v) is 6.31. The van der Waals surface area contributed by atoms with Crippen LogP contribution in [0.2, 0.25) is 0 Å². The highest BCUT2D eigenvalue weighted by Crippen LogP contribution is 2.20. The normalized spacial score (nSPS) is 12.8. The Hall–Kier alpha value is -3.74. The molecule has 29 heavy (non-hydrogen) atoms. The molecule has 0 aliphatic rings. The molecule has 0 aliphatic heterocycles. The van der Waals surface area contributed by atoms with Gasteiger partial charge in [-0.25, -0.2) is 4.98 Å². The Morgan fingerprint density at radius 2 is 2.17 bits per heavy atom. The van der Waals surface area contributed by atoms with Crippen LogP contribution >= 0.6 is 0 Å². The first-order valence-corrected chi connectivity index (χ1v) is 9.33. The summed E-state index contributed by atoms with van der Waals surface area (Å²) in [4.78, 5) is 25.1. The average Bonchev–Trinajstić information content (AvgIpc) is 3.36. The summed E-state index contributed by atoms with van der Waals surface area (Å²) in [5.74, 6) is 0. The largest absolute Gasteiger partial charge is 0.337 e. The van der Waals surface area contributed by atoms with Crippen LogP contribution < -0.4 is 5.56 Å². The summed E-state index contributed by atoms with van der Waals surface area (Å²) < 4.78 is 3.18. The molecule has 148 valence electrons. The highest BCUT2D eigenvalue weighted by molar-refractivity contribution is 6.07. The quantitative estimate of drug-likeness (QED) is 0.495. The Morgan fingerprint density at radius 1 is 1.38 bits per heavy atom. The Bertz CT molecular complexity index is 1220. The average molecular weight is 388 g/mol. The lowest BCUT2D eigenvalue weighted by molar-refractivity contribution is 0.881. The topological polar surface area (TPSA) is 80.3 Å².